The van der Waals surface area contributed by atoms with Crippen LogP contribution in [0.4, 0.5) is 0 Å². The van der Waals surface area contributed by atoms with Crippen molar-refractivity contribution in [3.8, 4) is 0 Å². The summed E-state index contributed by atoms with van der Waals surface area (Å²) in [5, 5.41) is 3.04. The largest absolute Gasteiger partial charge is 0.376 e. The molecule has 7 nitrogen and oxygen atoms in total. The molecule has 2 aliphatic rings. The molecule has 0 spiro atoms. The number of amides is 1. The molecule has 2 saturated heterocycles. The topological polar surface area (TPSA) is 62.6 Å². The second-order valence-corrected chi connectivity index (χ2v) is 6.82. The van der Waals surface area contributed by atoms with E-state index in [-0.39, 0.29) is 18.1 Å². The minimum absolute atomic E-state index is 0.0817. The molecule has 0 saturated carbocycles. The zero-order chi connectivity index (χ0) is 16.9. The number of aromatic nitrogens is 2. The number of aryl methyl sites for hydroxylation is 1. The van der Waals surface area contributed by atoms with Crippen LogP contribution < -0.4 is 5.32 Å². The SMILES string of the molecule is C[C@H](C(=O)NC[C@@H]1CCCO1)N1CCN(Cc2nccn2C)CC1. The molecule has 0 aromatic carbocycles. The Morgan fingerprint density at radius 3 is 2.83 bits per heavy atom. The van der Waals surface area contributed by atoms with Crippen molar-refractivity contribution in [2.45, 2.75) is 38.5 Å². The number of hydrogen-bond acceptors (Lipinski definition) is 5. The average molecular weight is 335 g/mol. The summed E-state index contributed by atoms with van der Waals surface area (Å²) in [5.74, 6) is 1.20. The molecule has 1 aromatic heterocycles. The third-order valence-electron chi connectivity index (χ3n) is 5.15. The third kappa shape index (κ3) is 4.34. The van der Waals surface area contributed by atoms with Gasteiger partial charge in [0.25, 0.3) is 0 Å². The Kier molecular flexibility index (Phi) is 5.86. The fraction of sp³-hybridized carbons (Fsp3) is 0.765. The van der Waals surface area contributed by atoms with Crippen molar-refractivity contribution in [1.82, 2.24) is 24.7 Å². The van der Waals surface area contributed by atoms with E-state index in [9.17, 15) is 4.79 Å². The lowest BCUT2D eigenvalue weighted by atomic mass is 10.2. The molecule has 0 radical (unpaired) electrons. The maximum atomic E-state index is 12.3. The van der Waals surface area contributed by atoms with Crippen LogP contribution >= 0.6 is 0 Å². The highest BCUT2D eigenvalue weighted by atomic mass is 16.5. The van der Waals surface area contributed by atoms with Gasteiger partial charge < -0.3 is 14.6 Å². The van der Waals surface area contributed by atoms with Gasteiger partial charge in [-0.15, -0.1) is 0 Å². The summed E-state index contributed by atoms with van der Waals surface area (Å²) in [4.78, 5) is 21.4. The van der Waals surface area contributed by atoms with E-state index in [0.717, 1.165) is 58.0 Å². The smallest absolute Gasteiger partial charge is 0.237 e. The number of carbonyl (C=O) groups excluding carboxylic acids is 1. The highest BCUT2D eigenvalue weighted by molar-refractivity contribution is 5.81. The van der Waals surface area contributed by atoms with Crippen LogP contribution in [0.1, 0.15) is 25.6 Å². The lowest BCUT2D eigenvalue weighted by Crippen LogP contribution is -2.54. The second kappa shape index (κ2) is 8.09. The van der Waals surface area contributed by atoms with Gasteiger partial charge in [0.2, 0.25) is 5.91 Å². The molecule has 1 N–H and O–H groups in total. The summed E-state index contributed by atoms with van der Waals surface area (Å²) in [7, 11) is 2.03. The molecule has 134 valence electrons. The van der Waals surface area contributed by atoms with Gasteiger partial charge in [0.1, 0.15) is 5.82 Å². The monoisotopic (exact) mass is 335 g/mol. The number of piperazine rings is 1. The Bertz CT molecular complexity index is 533. The van der Waals surface area contributed by atoms with Gasteiger partial charge in [0, 0.05) is 58.8 Å². The highest BCUT2D eigenvalue weighted by Gasteiger charge is 2.26. The van der Waals surface area contributed by atoms with E-state index in [1.165, 1.54) is 0 Å². The third-order valence-corrected chi connectivity index (χ3v) is 5.15. The Hall–Kier alpha value is -1.44. The highest BCUT2D eigenvalue weighted by Crippen LogP contribution is 2.12. The number of carbonyl (C=O) groups is 1. The first-order valence-corrected chi connectivity index (χ1v) is 8.95. The molecule has 0 bridgehead atoms. The predicted molar refractivity (Wildman–Crippen MR) is 91.5 cm³/mol. The zero-order valence-electron chi connectivity index (χ0n) is 14.8. The van der Waals surface area contributed by atoms with Crippen molar-refractivity contribution < 1.29 is 9.53 Å². The van der Waals surface area contributed by atoms with Crippen LogP contribution in [0, 0.1) is 0 Å². The molecule has 2 atom stereocenters. The number of nitrogens with one attached hydrogen (secondary N) is 1. The van der Waals surface area contributed by atoms with E-state index < -0.39 is 0 Å². The second-order valence-electron chi connectivity index (χ2n) is 6.82. The Labute approximate surface area is 144 Å². The summed E-state index contributed by atoms with van der Waals surface area (Å²) < 4.78 is 7.62. The number of hydrogen-bond donors (Lipinski definition) is 1. The molecule has 3 rings (SSSR count). The molecule has 0 unspecified atom stereocenters. The molecule has 2 fully saturated rings. The van der Waals surface area contributed by atoms with Crippen molar-refractivity contribution in [3.05, 3.63) is 18.2 Å². The Morgan fingerprint density at radius 1 is 1.42 bits per heavy atom. The molecule has 7 heteroatoms. The zero-order valence-corrected chi connectivity index (χ0v) is 14.8. The van der Waals surface area contributed by atoms with Gasteiger partial charge in [-0.3, -0.25) is 14.6 Å². The number of rotatable bonds is 6. The summed E-state index contributed by atoms with van der Waals surface area (Å²) in [5.41, 5.74) is 0. The van der Waals surface area contributed by atoms with Crippen LogP contribution in [-0.4, -0.2) is 76.7 Å². The molecular weight excluding hydrogens is 306 g/mol. The fourth-order valence-electron chi connectivity index (χ4n) is 3.39. The first-order valence-electron chi connectivity index (χ1n) is 8.95. The van der Waals surface area contributed by atoms with E-state index in [2.05, 4.69) is 24.7 Å². The quantitative estimate of drug-likeness (QED) is 0.806. The summed E-state index contributed by atoms with van der Waals surface area (Å²) in [6, 6.07) is -0.0817. The Balaban J connectivity index is 1.40. The molecule has 24 heavy (non-hydrogen) atoms. The van der Waals surface area contributed by atoms with Crippen LogP contribution in [0.2, 0.25) is 0 Å². The molecule has 3 heterocycles. The molecular formula is C17H29N5O2. The minimum Gasteiger partial charge on any atom is -0.376 e. The number of imidazole rings is 1. The minimum atomic E-state index is -0.0817. The van der Waals surface area contributed by atoms with Gasteiger partial charge in [0.15, 0.2) is 0 Å². The van der Waals surface area contributed by atoms with Crippen LogP contribution in [0.25, 0.3) is 0 Å². The van der Waals surface area contributed by atoms with Gasteiger partial charge in [-0.2, -0.15) is 0 Å². The van der Waals surface area contributed by atoms with Crippen LogP contribution in [0.15, 0.2) is 12.4 Å². The van der Waals surface area contributed by atoms with E-state index in [1.807, 2.05) is 26.4 Å². The normalized spacial score (nSPS) is 24.2. The van der Waals surface area contributed by atoms with Gasteiger partial charge in [-0.1, -0.05) is 0 Å². The predicted octanol–water partition coefficient (Wildman–Crippen LogP) is 0.221. The number of ether oxygens (including phenoxy) is 1. The fourth-order valence-corrected chi connectivity index (χ4v) is 3.39. The first-order chi connectivity index (χ1) is 11.6. The van der Waals surface area contributed by atoms with E-state index in [1.54, 1.807) is 0 Å². The summed E-state index contributed by atoms with van der Waals surface area (Å²) in [6.07, 6.45) is 6.18. The maximum Gasteiger partial charge on any atom is 0.237 e. The summed E-state index contributed by atoms with van der Waals surface area (Å²) in [6.45, 7) is 8.11. The lowest BCUT2D eigenvalue weighted by molar-refractivity contribution is -0.127. The van der Waals surface area contributed by atoms with Crippen molar-refractivity contribution in [3.63, 3.8) is 0 Å². The van der Waals surface area contributed by atoms with Crippen molar-refractivity contribution in [2.24, 2.45) is 7.05 Å². The molecule has 1 amide bonds. The van der Waals surface area contributed by atoms with E-state index >= 15 is 0 Å². The van der Waals surface area contributed by atoms with Gasteiger partial charge in [-0.25, -0.2) is 4.98 Å². The average Bonchev–Trinajstić information content (AvgIpc) is 3.25. The molecule has 0 aliphatic carbocycles. The van der Waals surface area contributed by atoms with Crippen LogP contribution in [0.5, 0.6) is 0 Å². The molecule has 1 aromatic rings. The van der Waals surface area contributed by atoms with Crippen molar-refractivity contribution in [1.29, 1.82) is 0 Å². The van der Waals surface area contributed by atoms with E-state index in [4.69, 9.17) is 4.74 Å². The maximum absolute atomic E-state index is 12.3. The van der Waals surface area contributed by atoms with E-state index in [0.29, 0.717) is 6.54 Å². The van der Waals surface area contributed by atoms with Gasteiger partial charge in [0.05, 0.1) is 18.7 Å². The van der Waals surface area contributed by atoms with Crippen LogP contribution in [-0.2, 0) is 23.1 Å². The van der Waals surface area contributed by atoms with Crippen molar-refractivity contribution in [2.75, 3.05) is 39.3 Å². The first kappa shape index (κ1) is 17.4. The van der Waals surface area contributed by atoms with Crippen LogP contribution in [0.3, 0.4) is 0 Å². The lowest BCUT2D eigenvalue weighted by Gasteiger charge is -2.37. The number of nitrogens with zero attached hydrogens (tertiary/aromatic N) is 4. The standard InChI is InChI=1S/C17H29N5O2/c1-14(17(23)19-12-15-4-3-11-24-15)22-9-7-21(8-10-22)13-16-18-5-6-20(16)2/h5-6,14-15H,3-4,7-13H2,1-2H3,(H,19,23)/t14-,15+/m1/s1. The van der Waals surface area contributed by atoms with Crippen molar-refractivity contribution >= 4 is 5.91 Å². The van der Waals surface area contributed by atoms with Gasteiger partial charge in [-0.05, 0) is 19.8 Å². The summed E-state index contributed by atoms with van der Waals surface area (Å²) >= 11 is 0. The Morgan fingerprint density at radius 2 is 2.21 bits per heavy atom. The molecule has 2 aliphatic heterocycles. The van der Waals surface area contributed by atoms with Gasteiger partial charge >= 0.3 is 0 Å².